The average molecular weight is 460 g/mol. The Morgan fingerprint density at radius 3 is 2.66 bits per heavy atom. The molecule has 4 rings (SSSR count). The van der Waals surface area contributed by atoms with Crippen molar-refractivity contribution in [2.75, 3.05) is 26.2 Å². The van der Waals surface area contributed by atoms with Crippen molar-refractivity contribution in [1.82, 2.24) is 4.90 Å². The zero-order valence-electron chi connectivity index (χ0n) is 18.8. The van der Waals surface area contributed by atoms with Crippen LogP contribution in [0.1, 0.15) is 55.4 Å². The first kappa shape index (κ1) is 23.5. The zero-order valence-corrected chi connectivity index (χ0v) is 19.5. The summed E-state index contributed by atoms with van der Waals surface area (Å²) in [7, 11) is 0. The molecule has 6 heteroatoms. The Hall–Kier alpha value is -1.63. The molecule has 5 nitrogen and oxygen atoms in total. The highest BCUT2D eigenvalue weighted by atomic mass is 35.5. The molecule has 0 bridgehead atoms. The molecule has 32 heavy (non-hydrogen) atoms. The van der Waals surface area contributed by atoms with Gasteiger partial charge >= 0.3 is 0 Å². The van der Waals surface area contributed by atoms with Crippen molar-refractivity contribution in [2.45, 2.75) is 63.4 Å². The van der Waals surface area contributed by atoms with E-state index in [0.29, 0.717) is 26.0 Å². The molecule has 2 fully saturated rings. The molecule has 2 N–H and O–H groups in total. The van der Waals surface area contributed by atoms with Gasteiger partial charge in [-0.05, 0) is 67.6 Å². The van der Waals surface area contributed by atoms with Crippen LogP contribution in [0.15, 0.2) is 42.5 Å². The van der Waals surface area contributed by atoms with Gasteiger partial charge in [0.25, 0.3) is 0 Å². The molecule has 0 aromatic heterocycles. The van der Waals surface area contributed by atoms with Crippen molar-refractivity contribution < 1.29 is 19.7 Å². The van der Waals surface area contributed by atoms with Crippen LogP contribution in [-0.4, -0.2) is 59.7 Å². The molecular formula is C26H34ClNO4. The third-order valence-corrected chi connectivity index (χ3v) is 6.76. The zero-order chi connectivity index (χ0) is 22.5. The lowest BCUT2D eigenvalue weighted by Gasteiger charge is -2.38. The summed E-state index contributed by atoms with van der Waals surface area (Å²) in [5.41, 5.74) is 3.27. The summed E-state index contributed by atoms with van der Waals surface area (Å²) in [5, 5.41) is 21.2. The van der Waals surface area contributed by atoms with Crippen LogP contribution in [0.5, 0.6) is 5.75 Å². The Kier molecular flexibility index (Phi) is 8.08. The molecule has 0 spiro atoms. The average Bonchev–Trinajstić information content (AvgIpc) is 2.76. The predicted octanol–water partition coefficient (Wildman–Crippen LogP) is 4.37. The second-order valence-electron chi connectivity index (χ2n) is 9.03. The van der Waals surface area contributed by atoms with Gasteiger partial charge in [-0.2, -0.15) is 0 Å². The summed E-state index contributed by atoms with van der Waals surface area (Å²) in [4.78, 5) is 2.26. The van der Waals surface area contributed by atoms with Gasteiger partial charge in [0.15, 0.2) is 0 Å². The van der Waals surface area contributed by atoms with Crippen molar-refractivity contribution >= 4 is 11.6 Å². The van der Waals surface area contributed by atoms with E-state index in [1.54, 1.807) is 0 Å². The molecule has 2 heterocycles. The van der Waals surface area contributed by atoms with E-state index in [1.807, 2.05) is 31.2 Å². The van der Waals surface area contributed by atoms with Crippen molar-refractivity contribution in [3.05, 3.63) is 64.2 Å². The second-order valence-corrected chi connectivity index (χ2v) is 9.44. The van der Waals surface area contributed by atoms with E-state index in [9.17, 15) is 10.2 Å². The molecule has 0 saturated carbocycles. The summed E-state index contributed by atoms with van der Waals surface area (Å²) in [5.74, 6) is 0.868. The number of hydrogen-bond acceptors (Lipinski definition) is 5. The number of halogens is 1. The SMILES string of the molecule is CCOc1ccc(Cc2cc(C3CC(O)CC(CN4CCCC(O)C4)O3)ccc2Cl)cc1. The van der Waals surface area contributed by atoms with E-state index in [-0.39, 0.29) is 18.3 Å². The Morgan fingerprint density at radius 2 is 1.91 bits per heavy atom. The molecule has 2 aliphatic rings. The third kappa shape index (κ3) is 6.24. The van der Waals surface area contributed by atoms with Crippen molar-refractivity contribution in [3.8, 4) is 5.75 Å². The molecule has 2 aromatic carbocycles. The fourth-order valence-electron chi connectivity index (χ4n) is 4.83. The number of β-amino-alcohol motifs (C(OH)–C–C–N with tert-alkyl or cyclic N) is 1. The van der Waals surface area contributed by atoms with Gasteiger partial charge in [-0.25, -0.2) is 0 Å². The first-order valence-electron chi connectivity index (χ1n) is 11.7. The molecule has 4 unspecified atom stereocenters. The molecular weight excluding hydrogens is 426 g/mol. The van der Waals surface area contributed by atoms with Crippen LogP contribution in [0.3, 0.4) is 0 Å². The van der Waals surface area contributed by atoms with E-state index in [2.05, 4.69) is 23.1 Å². The number of ether oxygens (including phenoxy) is 2. The lowest BCUT2D eigenvalue weighted by atomic mass is 9.93. The number of benzene rings is 2. The lowest BCUT2D eigenvalue weighted by Crippen LogP contribution is -2.45. The first-order valence-corrected chi connectivity index (χ1v) is 12.1. The van der Waals surface area contributed by atoms with Gasteiger partial charge in [0.2, 0.25) is 0 Å². The normalized spacial score (nSPS) is 26.8. The fraction of sp³-hybridized carbons (Fsp3) is 0.538. The van der Waals surface area contributed by atoms with Crippen LogP contribution < -0.4 is 4.74 Å². The molecule has 2 saturated heterocycles. The molecule has 0 radical (unpaired) electrons. The highest BCUT2D eigenvalue weighted by Gasteiger charge is 2.31. The number of piperidine rings is 1. The molecule has 0 amide bonds. The van der Waals surface area contributed by atoms with Crippen molar-refractivity contribution in [2.24, 2.45) is 0 Å². The highest BCUT2D eigenvalue weighted by molar-refractivity contribution is 6.31. The maximum Gasteiger partial charge on any atom is 0.119 e. The summed E-state index contributed by atoms with van der Waals surface area (Å²) >= 11 is 6.52. The largest absolute Gasteiger partial charge is 0.494 e. The van der Waals surface area contributed by atoms with E-state index in [0.717, 1.165) is 54.3 Å². The minimum absolute atomic E-state index is 0.0423. The quantitative estimate of drug-likeness (QED) is 0.643. The maximum absolute atomic E-state index is 10.5. The number of likely N-dealkylation sites (tertiary alicyclic amines) is 1. The summed E-state index contributed by atoms with van der Waals surface area (Å²) in [6, 6.07) is 14.2. The van der Waals surface area contributed by atoms with E-state index in [4.69, 9.17) is 21.1 Å². The van der Waals surface area contributed by atoms with Gasteiger partial charge in [-0.1, -0.05) is 35.9 Å². The van der Waals surface area contributed by atoms with Crippen molar-refractivity contribution in [3.63, 3.8) is 0 Å². The van der Waals surface area contributed by atoms with Gasteiger partial charge in [0, 0.05) is 31.0 Å². The summed E-state index contributed by atoms with van der Waals surface area (Å²) < 4.78 is 12.0. The van der Waals surface area contributed by atoms with Crippen LogP contribution >= 0.6 is 11.6 Å². The van der Waals surface area contributed by atoms with Crippen LogP contribution in [-0.2, 0) is 11.2 Å². The smallest absolute Gasteiger partial charge is 0.119 e. The number of nitrogens with zero attached hydrogens (tertiary/aromatic N) is 1. The van der Waals surface area contributed by atoms with Gasteiger partial charge in [0.05, 0.1) is 31.0 Å². The van der Waals surface area contributed by atoms with Crippen LogP contribution in [0.2, 0.25) is 5.02 Å². The predicted molar refractivity (Wildman–Crippen MR) is 126 cm³/mol. The van der Waals surface area contributed by atoms with Gasteiger partial charge in [-0.15, -0.1) is 0 Å². The number of aliphatic hydroxyl groups excluding tert-OH is 2. The maximum atomic E-state index is 10.5. The molecule has 0 aliphatic carbocycles. The highest BCUT2D eigenvalue weighted by Crippen LogP contribution is 2.34. The molecule has 2 aliphatic heterocycles. The Morgan fingerprint density at radius 1 is 1.09 bits per heavy atom. The summed E-state index contributed by atoms with van der Waals surface area (Å²) in [6.45, 7) is 5.04. The number of aliphatic hydroxyl groups is 2. The number of hydrogen-bond donors (Lipinski definition) is 2. The molecule has 4 atom stereocenters. The van der Waals surface area contributed by atoms with Crippen molar-refractivity contribution in [1.29, 1.82) is 0 Å². The topological polar surface area (TPSA) is 62.2 Å². The second kappa shape index (κ2) is 11.0. The Labute approximate surface area is 195 Å². The van der Waals surface area contributed by atoms with Gasteiger partial charge in [0.1, 0.15) is 5.75 Å². The van der Waals surface area contributed by atoms with E-state index in [1.165, 1.54) is 5.56 Å². The minimum atomic E-state index is -0.390. The first-order chi connectivity index (χ1) is 15.5. The minimum Gasteiger partial charge on any atom is -0.494 e. The van der Waals surface area contributed by atoms with Crippen LogP contribution in [0, 0.1) is 0 Å². The lowest BCUT2D eigenvalue weighted by molar-refractivity contribution is -0.110. The van der Waals surface area contributed by atoms with Crippen LogP contribution in [0.4, 0.5) is 0 Å². The standard InChI is InChI=1S/C26H34ClNO4/c1-2-31-23-8-5-18(6-9-23)12-20-13-19(7-10-25(20)27)26-15-22(30)14-24(32-26)17-28-11-3-4-21(29)16-28/h5-10,13,21-22,24,26,29-30H,2-4,11-12,14-17H2,1H3. The Balaban J connectivity index is 1.44. The summed E-state index contributed by atoms with van der Waals surface area (Å²) in [6.07, 6.45) is 2.98. The number of rotatable bonds is 7. The van der Waals surface area contributed by atoms with E-state index >= 15 is 0 Å². The monoisotopic (exact) mass is 459 g/mol. The molecule has 174 valence electrons. The van der Waals surface area contributed by atoms with E-state index < -0.39 is 6.10 Å². The molecule has 2 aromatic rings. The van der Waals surface area contributed by atoms with Crippen LogP contribution in [0.25, 0.3) is 0 Å². The fourth-order valence-corrected chi connectivity index (χ4v) is 5.01. The Bertz CT molecular complexity index is 875. The third-order valence-electron chi connectivity index (χ3n) is 6.39. The van der Waals surface area contributed by atoms with Gasteiger partial charge in [-0.3, -0.25) is 4.90 Å². The van der Waals surface area contributed by atoms with Gasteiger partial charge < -0.3 is 19.7 Å².